The molecule has 0 spiro atoms. The van der Waals surface area contributed by atoms with Crippen LogP contribution in [0.25, 0.3) is 11.3 Å². The Kier molecular flexibility index (Phi) is 7.48. The number of morpholine rings is 1. The molecule has 0 N–H and O–H groups in total. The summed E-state index contributed by atoms with van der Waals surface area (Å²) in [7, 11) is 0. The number of rotatable bonds is 8. The molecule has 2 aromatic rings. The van der Waals surface area contributed by atoms with Crippen molar-refractivity contribution in [2.24, 2.45) is 5.92 Å². The van der Waals surface area contributed by atoms with Crippen molar-refractivity contribution in [1.29, 1.82) is 0 Å². The zero-order chi connectivity index (χ0) is 21.7. The van der Waals surface area contributed by atoms with E-state index in [1.807, 2.05) is 4.90 Å². The first-order valence-corrected chi connectivity index (χ1v) is 10.8. The van der Waals surface area contributed by atoms with Gasteiger partial charge in [0.25, 0.3) is 0 Å². The summed E-state index contributed by atoms with van der Waals surface area (Å²) in [6, 6.07) is 6.31. The molecule has 1 aliphatic rings. The third kappa shape index (κ3) is 5.19. The topological polar surface area (TPSA) is 58.8 Å². The number of carbonyl (C=O) groups excluding carboxylic acids is 1. The molecule has 0 unspecified atom stereocenters. The molecule has 2 heterocycles. The summed E-state index contributed by atoms with van der Waals surface area (Å²) in [5.41, 5.74) is 2.29. The molecular formula is C23H32FN3O3. The molecule has 1 amide bonds. The van der Waals surface area contributed by atoms with E-state index < -0.39 is 0 Å². The number of ether oxygens (including phenoxy) is 1. The van der Waals surface area contributed by atoms with Crippen LogP contribution in [0, 0.1) is 11.7 Å². The van der Waals surface area contributed by atoms with Crippen LogP contribution in [0.1, 0.15) is 46.1 Å². The van der Waals surface area contributed by atoms with Gasteiger partial charge < -0.3 is 19.1 Å². The van der Waals surface area contributed by atoms with Crippen molar-refractivity contribution in [3.05, 3.63) is 35.6 Å². The van der Waals surface area contributed by atoms with Crippen LogP contribution in [0.4, 0.5) is 10.3 Å². The van der Waals surface area contributed by atoms with Gasteiger partial charge in [-0.2, -0.15) is 0 Å². The molecule has 6 nitrogen and oxygen atoms in total. The van der Waals surface area contributed by atoms with Gasteiger partial charge in [-0.15, -0.1) is 0 Å². The van der Waals surface area contributed by atoms with E-state index in [1.54, 1.807) is 12.1 Å². The van der Waals surface area contributed by atoms with Crippen molar-refractivity contribution in [3.63, 3.8) is 0 Å². The number of hydrogen-bond donors (Lipinski definition) is 0. The van der Waals surface area contributed by atoms with Crippen LogP contribution in [0.3, 0.4) is 0 Å². The predicted molar refractivity (Wildman–Crippen MR) is 115 cm³/mol. The van der Waals surface area contributed by atoms with Gasteiger partial charge in [-0.25, -0.2) is 4.39 Å². The van der Waals surface area contributed by atoms with Crippen molar-refractivity contribution < 1.29 is 18.4 Å². The van der Waals surface area contributed by atoms with Crippen LogP contribution >= 0.6 is 0 Å². The van der Waals surface area contributed by atoms with Gasteiger partial charge in [-0.1, -0.05) is 25.9 Å². The maximum Gasteiger partial charge on any atom is 0.233 e. The Hall–Kier alpha value is -2.41. The Morgan fingerprint density at radius 3 is 2.47 bits per heavy atom. The van der Waals surface area contributed by atoms with Gasteiger partial charge in [0.05, 0.1) is 25.3 Å². The quantitative estimate of drug-likeness (QED) is 0.633. The minimum Gasteiger partial charge on any atom is -0.378 e. The van der Waals surface area contributed by atoms with Crippen molar-refractivity contribution >= 4 is 11.8 Å². The van der Waals surface area contributed by atoms with Crippen molar-refractivity contribution in [3.8, 4) is 11.3 Å². The van der Waals surface area contributed by atoms with E-state index in [1.165, 1.54) is 12.1 Å². The average Bonchev–Trinajstić information content (AvgIpc) is 3.15. The summed E-state index contributed by atoms with van der Waals surface area (Å²) in [5.74, 6) is 0.772. The van der Waals surface area contributed by atoms with Crippen LogP contribution < -0.4 is 4.90 Å². The largest absolute Gasteiger partial charge is 0.378 e. The number of anilines is 1. The lowest BCUT2D eigenvalue weighted by atomic mass is 10.0. The first kappa shape index (κ1) is 22.3. The van der Waals surface area contributed by atoms with Gasteiger partial charge in [0, 0.05) is 31.1 Å². The van der Waals surface area contributed by atoms with Gasteiger partial charge in [0.2, 0.25) is 11.8 Å². The zero-order valence-corrected chi connectivity index (χ0v) is 18.4. The van der Waals surface area contributed by atoms with E-state index in [0.717, 1.165) is 17.5 Å². The summed E-state index contributed by atoms with van der Waals surface area (Å²) in [5, 5.41) is 4.33. The van der Waals surface area contributed by atoms with Gasteiger partial charge in [0.1, 0.15) is 11.5 Å². The second-order valence-corrected chi connectivity index (χ2v) is 8.30. The second kappa shape index (κ2) is 10.1. The monoisotopic (exact) mass is 417 g/mol. The summed E-state index contributed by atoms with van der Waals surface area (Å²) in [6.07, 6.45) is 1.35. The Bertz CT molecular complexity index is 829. The summed E-state index contributed by atoms with van der Waals surface area (Å²) >= 11 is 0. The number of nitrogens with zero attached hydrogens (tertiary/aromatic N) is 3. The molecule has 30 heavy (non-hydrogen) atoms. The lowest BCUT2D eigenvalue weighted by molar-refractivity contribution is -0.134. The molecule has 0 aliphatic carbocycles. The van der Waals surface area contributed by atoms with Crippen LogP contribution in [-0.4, -0.2) is 48.3 Å². The molecule has 0 radical (unpaired) electrons. The fourth-order valence-electron chi connectivity index (χ4n) is 3.64. The van der Waals surface area contributed by atoms with Crippen LogP contribution in [-0.2, 0) is 16.1 Å². The molecule has 0 saturated carbocycles. The zero-order valence-electron chi connectivity index (χ0n) is 18.4. The molecule has 1 atom stereocenters. The Labute approximate surface area is 178 Å². The number of hydrogen-bond acceptors (Lipinski definition) is 5. The minimum atomic E-state index is -0.300. The van der Waals surface area contributed by atoms with Gasteiger partial charge in [-0.05, 0) is 43.5 Å². The van der Waals surface area contributed by atoms with Gasteiger partial charge in [-0.3, -0.25) is 4.79 Å². The smallest absolute Gasteiger partial charge is 0.233 e. The van der Waals surface area contributed by atoms with Crippen LogP contribution in [0.2, 0.25) is 0 Å². The summed E-state index contributed by atoms with van der Waals surface area (Å²) < 4.78 is 24.7. The van der Waals surface area contributed by atoms with Gasteiger partial charge in [0.15, 0.2) is 0 Å². The third-order valence-corrected chi connectivity index (χ3v) is 5.54. The summed E-state index contributed by atoms with van der Waals surface area (Å²) in [6.45, 7) is 11.3. The molecule has 1 aliphatic heterocycles. The molecule has 164 valence electrons. The number of halogens is 1. The SMILES string of the molecule is CC[C@H](C)N(Cc1c(-c2ccc(F)cc2)noc1N1CCOCC1)C(=O)CC(C)C. The highest BCUT2D eigenvalue weighted by molar-refractivity contribution is 5.78. The van der Waals surface area contributed by atoms with E-state index in [-0.39, 0.29) is 23.7 Å². The number of carbonyl (C=O) groups is 1. The second-order valence-electron chi connectivity index (χ2n) is 8.30. The van der Waals surface area contributed by atoms with Crippen LogP contribution in [0.15, 0.2) is 28.8 Å². The highest BCUT2D eigenvalue weighted by atomic mass is 19.1. The van der Waals surface area contributed by atoms with E-state index in [4.69, 9.17) is 9.26 Å². The standard InChI is InChI=1S/C23H32FN3O3/c1-5-17(4)27(21(28)14-16(2)3)15-20-22(18-6-8-19(24)9-7-18)25-30-23(20)26-10-12-29-13-11-26/h6-9,16-17H,5,10-15H2,1-4H3/t17-/m0/s1. The van der Waals surface area contributed by atoms with E-state index in [0.29, 0.717) is 50.8 Å². The van der Waals surface area contributed by atoms with Crippen molar-refractivity contribution in [2.75, 3.05) is 31.2 Å². The first-order chi connectivity index (χ1) is 14.4. The molecular weight excluding hydrogens is 385 g/mol. The molecule has 7 heteroatoms. The molecule has 0 bridgehead atoms. The lowest BCUT2D eigenvalue weighted by Gasteiger charge is -2.31. The minimum absolute atomic E-state index is 0.0877. The number of aromatic nitrogens is 1. The summed E-state index contributed by atoms with van der Waals surface area (Å²) in [4.78, 5) is 17.1. The molecule has 1 saturated heterocycles. The van der Waals surface area contributed by atoms with E-state index in [9.17, 15) is 9.18 Å². The normalized spacial score (nSPS) is 15.5. The molecule has 3 rings (SSSR count). The van der Waals surface area contributed by atoms with Crippen molar-refractivity contribution in [1.82, 2.24) is 10.1 Å². The Balaban J connectivity index is 2.00. The number of amides is 1. The Morgan fingerprint density at radius 1 is 1.20 bits per heavy atom. The fourth-order valence-corrected chi connectivity index (χ4v) is 3.64. The Morgan fingerprint density at radius 2 is 1.87 bits per heavy atom. The highest BCUT2D eigenvalue weighted by Crippen LogP contribution is 2.34. The van der Waals surface area contributed by atoms with Crippen LogP contribution in [0.5, 0.6) is 0 Å². The molecule has 1 aromatic carbocycles. The maximum atomic E-state index is 13.5. The van der Waals surface area contributed by atoms with E-state index in [2.05, 4.69) is 37.8 Å². The number of benzene rings is 1. The maximum absolute atomic E-state index is 13.5. The lowest BCUT2D eigenvalue weighted by Crippen LogP contribution is -2.40. The average molecular weight is 418 g/mol. The van der Waals surface area contributed by atoms with E-state index >= 15 is 0 Å². The predicted octanol–water partition coefficient (Wildman–Crippen LogP) is 4.49. The van der Waals surface area contributed by atoms with Crippen molar-refractivity contribution in [2.45, 2.75) is 53.1 Å². The fraction of sp³-hybridized carbons (Fsp3) is 0.565. The molecule has 1 aromatic heterocycles. The van der Waals surface area contributed by atoms with Gasteiger partial charge >= 0.3 is 0 Å². The highest BCUT2D eigenvalue weighted by Gasteiger charge is 2.29. The molecule has 1 fully saturated rings. The first-order valence-electron chi connectivity index (χ1n) is 10.8. The third-order valence-electron chi connectivity index (χ3n) is 5.54.